The largest absolute Gasteiger partial charge is 0.216 e. The molecule has 1 saturated heterocycles. The van der Waals surface area contributed by atoms with E-state index in [9.17, 15) is 12.8 Å². The third-order valence-electron chi connectivity index (χ3n) is 5.90. The molecule has 1 heterocycles. The normalized spacial score (nSPS) is 23.5. The fourth-order valence-electron chi connectivity index (χ4n) is 4.55. The quantitative estimate of drug-likeness (QED) is 0.833. The van der Waals surface area contributed by atoms with Gasteiger partial charge in [-0.05, 0) is 66.9 Å². The number of benzene rings is 1. The van der Waals surface area contributed by atoms with Crippen molar-refractivity contribution in [3.63, 3.8) is 0 Å². The average molecular weight is 349 g/mol. The van der Waals surface area contributed by atoms with Crippen molar-refractivity contribution >= 4 is 15.6 Å². The average Bonchev–Trinajstić information content (AvgIpc) is 3.24. The Bertz CT molecular complexity index is 758. The minimum Gasteiger partial charge on any atom is -0.212 e. The molecule has 3 nitrogen and oxygen atoms in total. The van der Waals surface area contributed by atoms with E-state index >= 15 is 0 Å². The summed E-state index contributed by atoms with van der Waals surface area (Å²) in [6, 6.07) is 5.03. The SMILES string of the molecule is O=S(=O)(C1CCCC1)N1CCC(C2=CCc3cc(F)ccc32)CC1. The number of hydrogen-bond donors (Lipinski definition) is 0. The Hall–Kier alpha value is -1.20. The molecule has 1 saturated carbocycles. The van der Waals surface area contributed by atoms with Crippen LogP contribution in [0, 0.1) is 11.7 Å². The zero-order chi connectivity index (χ0) is 16.7. The lowest BCUT2D eigenvalue weighted by atomic mass is 9.87. The number of rotatable bonds is 3. The molecule has 1 aromatic rings. The molecule has 0 amide bonds. The van der Waals surface area contributed by atoms with Gasteiger partial charge in [0.25, 0.3) is 0 Å². The van der Waals surface area contributed by atoms with Crippen LogP contribution >= 0.6 is 0 Å². The molecule has 0 unspecified atom stereocenters. The lowest BCUT2D eigenvalue weighted by Gasteiger charge is -2.33. The number of sulfonamides is 1. The summed E-state index contributed by atoms with van der Waals surface area (Å²) < 4.78 is 40.5. The summed E-state index contributed by atoms with van der Waals surface area (Å²) in [7, 11) is -3.11. The van der Waals surface area contributed by atoms with E-state index in [1.54, 1.807) is 10.4 Å². The van der Waals surface area contributed by atoms with Crippen molar-refractivity contribution < 1.29 is 12.8 Å². The predicted octanol–water partition coefficient (Wildman–Crippen LogP) is 3.75. The van der Waals surface area contributed by atoms with Crippen LogP contribution in [0.25, 0.3) is 5.57 Å². The number of halogens is 1. The van der Waals surface area contributed by atoms with E-state index in [0.717, 1.165) is 56.1 Å². The Morgan fingerprint density at radius 3 is 2.46 bits per heavy atom. The van der Waals surface area contributed by atoms with Crippen molar-refractivity contribution in [2.45, 2.75) is 50.2 Å². The van der Waals surface area contributed by atoms with Crippen molar-refractivity contribution in [1.82, 2.24) is 4.31 Å². The Morgan fingerprint density at radius 2 is 1.75 bits per heavy atom. The van der Waals surface area contributed by atoms with Crippen molar-refractivity contribution in [3.05, 3.63) is 41.2 Å². The van der Waals surface area contributed by atoms with Gasteiger partial charge in [0.1, 0.15) is 5.82 Å². The second-order valence-corrected chi connectivity index (χ2v) is 9.50. The predicted molar refractivity (Wildman–Crippen MR) is 93.6 cm³/mol. The van der Waals surface area contributed by atoms with E-state index in [2.05, 4.69) is 6.08 Å². The fourth-order valence-corrected chi connectivity index (χ4v) is 6.62. The summed E-state index contributed by atoms with van der Waals surface area (Å²) >= 11 is 0. The first kappa shape index (κ1) is 16.3. The first-order valence-corrected chi connectivity index (χ1v) is 10.5. The number of piperidine rings is 1. The highest BCUT2D eigenvalue weighted by molar-refractivity contribution is 7.89. The van der Waals surface area contributed by atoms with Crippen LogP contribution in [0.3, 0.4) is 0 Å². The summed E-state index contributed by atoms with van der Waals surface area (Å²) in [6.07, 6.45) is 8.47. The fraction of sp³-hybridized carbons (Fsp3) is 0.579. The number of nitrogens with zero attached hydrogens (tertiary/aromatic N) is 1. The van der Waals surface area contributed by atoms with Crippen LogP contribution in [-0.2, 0) is 16.4 Å². The van der Waals surface area contributed by atoms with E-state index in [4.69, 9.17) is 0 Å². The molecule has 5 heteroatoms. The first-order chi connectivity index (χ1) is 11.6. The van der Waals surface area contributed by atoms with Crippen LogP contribution in [0.1, 0.15) is 49.7 Å². The van der Waals surface area contributed by atoms with Gasteiger partial charge in [0.05, 0.1) is 5.25 Å². The maximum atomic E-state index is 13.4. The van der Waals surface area contributed by atoms with Crippen molar-refractivity contribution in [2.75, 3.05) is 13.1 Å². The van der Waals surface area contributed by atoms with Crippen LogP contribution in [0.4, 0.5) is 4.39 Å². The van der Waals surface area contributed by atoms with Gasteiger partial charge in [-0.15, -0.1) is 0 Å². The van der Waals surface area contributed by atoms with Gasteiger partial charge in [-0.25, -0.2) is 17.1 Å². The van der Waals surface area contributed by atoms with E-state index in [1.165, 1.54) is 11.6 Å². The zero-order valence-corrected chi connectivity index (χ0v) is 14.7. The molecule has 2 aliphatic carbocycles. The van der Waals surface area contributed by atoms with Gasteiger partial charge in [0.15, 0.2) is 0 Å². The molecule has 4 rings (SSSR count). The molecule has 1 aromatic carbocycles. The lowest BCUT2D eigenvalue weighted by Crippen LogP contribution is -2.42. The second-order valence-electron chi connectivity index (χ2n) is 7.29. The number of hydrogen-bond acceptors (Lipinski definition) is 2. The zero-order valence-electron chi connectivity index (χ0n) is 13.9. The van der Waals surface area contributed by atoms with Crippen LogP contribution in [0.15, 0.2) is 24.3 Å². The maximum absolute atomic E-state index is 13.4. The van der Waals surface area contributed by atoms with Crippen LogP contribution in [0.2, 0.25) is 0 Å². The van der Waals surface area contributed by atoms with Gasteiger partial charge in [-0.2, -0.15) is 0 Å². The van der Waals surface area contributed by atoms with E-state index < -0.39 is 10.0 Å². The Labute approximate surface area is 143 Å². The highest BCUT2D eigenvalue weighted by Gasteiger charge is 2.37. The topological polar surface area (TPSA) is 37.4 Å². The molecular weight excluding hydrogens is 325 g/mol. The molecular formula is C19H24FNO2S. The van der Waals surface area contributed by atoms with Crippen molar-refractivity contribution in [2.24, 2.45) is 5.92 Å². The Morgan fingerprint density at radius 1 is 1.04 bits per heavy atom. The van der Waals surface area contributed by atoms with Crippen LogP contribution < -0.4 is 0 Å². The van der Waals surface area contributed by atoms with Gasteiger partial charge >= 0.3 is 0 Å². The Kier molecular flexibility index (Phi) is 4.25. The van der Waals surface area contributed by atoms with E-state index in [-0.39, 0.29) is 11.1 Å². The summed E-state index contributed by atoms with van der Waals surface area (Å²) in [4.78, 5) is 0. The van der Waals surface area contributed by atoms with Gasteiger partial charge in [-0.1, -0.05) is 25.0 Å². The van der Waals surface area contributed by atoms with Crippen LogP contribution in [-0.4, -0.2) is 31.1 Å². The van der Waals surface area contributed by atoms with Gasteiger partial charge in [0.2, 0.25) is 10.0 Å². The summed E-state index contributed by atoms with van der Waals surface area (Å²) in [5, 5.41) is -0.150. The van der Waals surface area contributed by atoms with E-state index in [1.807, 2.05) is 6.07 Å². The third kappa shape index (κ3) is 2.82. The van der Waals surface area contributed by atoms with Crippen molar-refractivity contribution in [1.29, 1.82) is 0 Å². The third-order valence-corrected chi connectivity index (χ3v) is 8.30. The van der Waals surface area contributed by atoms with E-state index in [0.29, 0.717) is 19.0 Å². The Balaban J connectivity index is 1.44. The molecule has 0 atom stereocenters. The minimum absolute atomic E-state index is 0.150. The molecule has 2 fully saturated rings. The number of allylic oxidation sites excluding steroid dienone is 2. The molecule has 0 aromatic heterocycles. The molecule has 0 bridgehead atoms. The summed E-state index contributed by atoms with van der Waals surface area (Å²) in [5.74, 6) is 0.215. The minimum atomic E-state index is -3.11. The maximum Gasteiger partial charge on any atom is 0.216 e. The van der Waals surface area contributed by atoms with Crippen molar-refractivity contribution in [3.8, 4) is 0 Å². The molecule has 130 valence electrons. The standard InChI is InChI=1S/C19H24FNO2S/c20-16-6-8-19-15(13-16)5-7-18(19)14-9-11-21(12-10-14)24(22,23)17-3-1-2-4-17/h6-8,13-14,17H,1-5,9-12H2. The highest BCUT2D eigenvalue weighted by atomic mass is 32.2. The van der Waals surface area contributed by atoms with Gasteiger partial charge in [-0.3, -0.25) is 0 Å². The lowest BCUT2D eigenvalue weighted by molar-refractivity contribution is 0.308. The monoisotopic (exact) mass is 349 g/mol. The molecule has 3 aliphatic rings. The summed E-state index contributed by atoms with van der Waals surface area (Å²) in [6.45, 7) is 1.24. The van der Waals surface area contributed by atoms with Crippen LogP contribution in [0.5, 0.6) is 0 Å². The van der Waals surface area contributed by atoms with Gasteiger partial charge < -0.3 is 0 Å². The molecule has 0 N–H and O–H groups in total. The van der Waals surface area contributed by atoms with Gasteiger partial charge in [0, 0.05) is 13.1 Å². The number of fused-ring (bicyclic) bond motifs is 1. The molecule has 0 radical (unpaired) electrons. The second kappa shape index (κ2) is 6.26. The smallest absolute Gasteiger partial charge is 0.212 e. The molecule has 24 heavy (non-hydrogen) atoms. The molecule has 1 aliphatic heterocycles. The first-order valence-electron chi connectivity index (χ1n) is 9.03. The summed E-state index contributed by atoms with van der Waals surface area (Å²) in [5.41, 5.74) is 3.52. The highest BCUT2D eigenvalue weighted by Crippen LogP contribution is 2.39. The molecule has 0 spiro atoms.